The number of hydrogen-bond donors (Lipinski definition) is 0. The van der Waals surface area contributed by atoms with Crippen molar-refractivity contribution in [2.24, 2.45) is 5.92 Å². The van der Waals surface area contributed by atoms with E-state index in [1.165, 1.54) is 154 Å². The van der Waals surface area contributed by atoms with Crippen LogP contribution in [0.2, 0.25) is 0 Å². The summed E-state index contributed by atoms with van der Waals surface area (Å²) < 4.78 is 37.4. The molecule has 0 saturated carbocycles. The molecule has 0 radical (unpaired) electrons. The maximum atomic E-state index is 10.9. The van der Waals surface area contributed by atoms with E-state index in [9.17, 15) is 13.0 Å². The third-order valence-corrected chi connectivity index (χ3v) is 8.16. The molecule has 0 rings (SSSR count). The average Bonchev–Trinajstić information content (AvgIpc) is 2.89. The fraction of sp³-hybridized carbons (Fsp3) is 0.939. The summed E-state index contributed by atoms with van der Waals surface area (Å²) in [5.74, 6) is 0.0174. The summed E-state index contributed by atoms with van der Waals surface area (Å²) in [6.07, 6.45) is 39.5. The molecular weight excluding hydrogens is 532 g/mol. The Labute approximate surface area is 288 Å². The van der Waals surface area contributed by atoms with Gasteiger partial charge in [-0.15, -0.1) is 0 Å². The van der Waals surface area contributed by atoms with Gasteiger partial charge in [0.2, 0.25) is 10.4 Å². The van der Waals surface area contributed by atoms with Crippen LogP contribution >= 0.6 is 0 Å². The van der Waals surface area contributed by atoms with Crippen LogP contribution in [-0.2, 0) is 14.6 Å². The van der Waals surface area contributed by atoms with Gasteiger partial charge in [-0.05, 0) is 19.3 Å². The van der Waals surface area contributed by atoms with Crippen LogP contribution in [0.4, 0.5) is 0 Å². The van der Waals surface area contributed by atoms with Gasteiger partial charge in [-0.2, -0.15) is 0 Å². The van der Waals surface area contributed by atoms with Gasteiger partial charge >= 0.3 is 51.4 Å². The second kappa shape index (κ2) is 33.7. The van der Waals surface area contributed by atoms with Crippen molar-refractivity contribution in [1.82, 2.24) is 0 Å². The fourth-order valence-corrected chi connectivity index (χ4v) is 5.56. The largest absolute Gasteiger partial charge is 1.00 e. The number of rotatable bonds is 31. The molecule has 1 atom stereocenters. The van der Waals surface area contributed by atoms with Crippen molar-refractivity contribution >= 4 is 10.4 Å². The van der Waals surface area contributed by atoms with E-state index in [2.05, 4.69) is 30.2 Å². The summed E-state index contributed by atoms with van der Waals surface area (Å²) in [5, 5.41) is 0. The average molecular weight is 597 g/mol. The molecule has 0 aromatic rings. The predicted octanol–water partition coefficient (Wildman–Crippen LogP) is 8.21. The van der Waals surface area contributed by atoms with Gasteiger partial charge in [-0.3, -0.25) is 4.18 Å². The molecule has 0 spiro atoms. The van der Waals surface area contributed by atoms with Gasteiger partial charge in [0.25, 0.3) is 0 Å². The SMILES string of the molecule is CCCCCCCCCCCCCC/C=C/C(CCCCCCCCCCCCCCC)COS(=O)(=O)[O-].[K+]. The molecule has 0 aliphatic rings. The fourth-order valence-electron chi connectivity index (χ4n) is 5.22. The standard InChI is InChI=1S/C33H66O4S.K/c1-3-5-7-9-11-13-15-17-19-21-23-25-27-29-31-33(32-37-38(34,35)36)30-28-26-24-22-20-18-16-14-12-10-8-6-4-2;/h29,31,33H,3-28,30,32H2,1-2H3,(H,34,35,36);/q;+1/p-1/b31-29+;. The van der Waals surface area contributed by atoms with Gasteiger partial charge in [-0.25, -0.2) is 8.42 Å². The molecule has 228 valence electrons. The summed E-state index contributed by atoms with van der Waals surface area (Å²) in [6.45, 7) is 4.52. The first-order valence-corrected chi connectivity index (χ1v) is 18.1. The first-order valence-electron chi connectivity index (χ1n) is 16.8. The second-order valence-electron chi connectivity index (χ2n) is 11.6. The summed E-state index contributed by atoms with van der Waals surface area (Å²) in [6, 6.07) is 0. The van der Waals surface area contributed by atoms with Crippen LogP contribution in [0, 0.1) is 5.92 Å². The van der Waals surface area contributed by atoms with Gasteiger partial charge in [0.05, 0.1) is 6.61 Å². The first kappa shape index (κ1) is 42.4. The quantitative estimate of drug-likeness (QED) is 0.0266. The van der Waals surface area contributed by atoms with Crippen LogP contribution in [0.3, 0.4) is 0 Å². The van der Waals surface area contributed by atoms with Gasteiger partial charge < -0.3 is 4.55 Å². The molecule has 0 aromatic heterocycles. The molecule has 0 N–H and O–H groups in total. The Morgan fingerprint density at radius 1 is 0.564 bits per heavy atom. The maximum absolute atomic E-state index is 10.9. The van der Waals surface area contributed by atoms with E-state index < -0.39 is 10.4 Å². The van der Waals surface area contributed by atoms with Crippen LogP contribution in [-0.4, -0.2) is 19.6 Å². The maximum Gasteiger partial charge on any atom is 1.00 e. The summed E-state index contributed by atoms with van der Waals surface area (Å²) >= 11 is 0. The van der Waals surface area contributed by atoms with Crippen molar-refractivity contribution in [3.8, 4) is 0 Å². The van der Waals surface area contributed by atoms with Crippen LogP contribution in [0.15, 0.2) is 12.2 Å². The van der Waals surface area contributed by atoms with Crippen molar-refractivity contribution in [2.75, 3.05) is 6.61 Å². The molecule has 6 heteroatoms. The molecule has 39 heavy (non-hydrogen) atoms. The summed E-state index contributed by atoms with van der Waals surface area (Å²) in [5.41, 5.74) is 0. The minimum Gasteiger partial charge on any atom is -0.726 e. The van der Waals surface area contributed by atoms with E-state index in [1.807, 2.05) is 0 Å². The minimum atomic E-state index is -4.62. The molecule has 0 amide bonds. The Hall–Kier alpha value is 1.25. The van der Waals surface area contributed by atoms with Gasteiger partial charge in [0, 0.05) is 5.92 Å². The van der Waals surface area contributed by atoms with E-state index in [-0.39, 0.29) is 63.9 Å². The molecule has 0 aliphatic carbocycles. The van der Waals surface area contributed by atoms with Crippen molar-refractivity contribution in [2.45, 2.75) is 187 Å². The summed E-state index contributed by atoms with van der Waals surface area (Å²) in [7, 11) is -4.62. The molecular formula is C33H65KO4S. The number of allylic oxidation sites excluding steroid dienone is 1. The molecule has 4 nitrogen and oxygen atoms in total. The molecule has 0 heterocycles. The van der Waals surface area contributed by atoms with Crippen LogP contribution in [0.1, 0.15) is 187 Å². The van der Waals surface area contributed by atoms with E-state index >= 15 is 0 Å². The second-order valence-corrected chi connectivity index (χ2v) is 12.6. The Balaban J connectivity index is 0. The Morgan fingerprint density at radius 3 is 1.26 bits per heavy atom. The Kier molecular flexibility index (Phi) is 36.7. The number of unbranched alkanes of at least 4 members (excludes halogenated alkanes) is 24. The summed E-state index contributed by atoms with van der Waals surface area (Å²) in [4.78, 5) is 0. The van der Waals surface area contributed by atoms with Gasteiger partial charge in [0.15, 0.2) is 0 Å². The molecule has 0 aliphatic heterocycles. The van der Waals surface area contributed by atoms with Crippen LogP contribution < -0.4 is 51.4 Å². The first-order chi connectivity index (χ1) is 18.5. The van der Waals surface area contributed by atoms with E-state index in [0.717, 1.165) is 19.3 Å². The van der Waals surface area contributed by atoms with E-state index in [1.54, 1.807) is 0 Å². The third kappa shape index (κ3) is 37.2. The Bertz CT molecular complexity index is 595. The minimum absolute atomic E-state index is 0. The van der Waals surface area contributed by atoms with Gasteiger partial charge in [0.1, 0.15) is 0 Å². The molecule has 0 bridgehead atoms. The molecule has 0 aromatic carbocycles. The van der Waals surface area contributed by atoms with Crippen LogP contribution in [0.25, 0.3) is 0 Å². The zero-order valence-electron chi connectivity index (χ0n) is 26.6. The zero-order valence-corrected chi connectivity index (χ0v) is 30.5. The molecule has 0 saturated heterocycles. The Morgan fingerprint density at radius 2 is 0.897 bits per heavy atom. The smallest absolute Gasteiger partial charge is 0.726 e. The third-order valence-electron chi connectivity index (χ3n) is 7.74. The predicted molar refractivity (Wildman–Crippen MR) is 164 cm³/mol. The molecule has 0 fully saturated rings. The topological polar surface area (TPSA) is 66.4 Å². The van der Waals surface area contributed by atoms with E-state index in [4.69, 9.17) is 0 Å². The van der Waals surface area contributed by atoms with Crippen molar-refractivity contribution in [3.05, 3.63) is 12.2 Å². The van der Waals surface area contributed by atoms with Crippen molar-refractivity contribution < 1.29 is 68.5 Å². The zero-order chi connectivity index (χ0) is 28.0. The number of hydrogen-bond acceptors (Lipinski definition) is 4. The van der Waals surface area contributed by atoms with Gasteiger partial charge in [-0.1, -0.05) is 180 Å². The van der Waals surface area contributed by atoms with Crippen LogP contribution in [0.5, 0.6) is 0 Å². The normalized spacial score (nSPS) is 12.7. The monoisotopic (exact) mass is 596 g/mol. The van der Waals surface area contributed by atoms with Crippen molar-refractivity contribution in [1.29, 1.82) is 0 Å². The van der Waals surface area contributed by atoms with Crippen molar-refractivity contribution in [3.63, 3.8) is 0 Å². The van der Waals surface area contributed by atoms with E-state index in [0.29, 0.717) is 0 Å². The molecule has 1 unspecified atom stereocenters.